The Balaban J connectivity index is 4.05. The maximum absolute atomic E-state index is 11.3. The van der Waals surface area contributed by atoms with Crippen LogP contribution in [0.4, 0.5) is 4.79 Å². The van der Waals surface area contributed by atoms with Gasteiger partial charge in [0.25, 0.3) is 0 Å². The van der Waals surface area contributed by atoms with E-state index in [1.165, 1.54) is 4.90 Å². The Morgan fingerprint density at radius 1 is 1.46 bits per heavy atom. The maximum Gasteiger partial charge on any atom is 0.318 e. The summed E-state index contributed by atoms with van der Waals surface area (Å²) < 4.78 is 0. The molecule has 0 heterocycles. The van der Waals surface area contributed by atoms with Crippen LogP contribution in [-0.2, 0) is 4.79 Å². The third-order valence-corrected chi connectivity index (χ3v) is 1.47. The first-order chi connectivity index (χ1) is 6.26. The minimum atomic E-state index is -0.201. The zero-order chi connectivity index (χ0) is 10.1. The third-order valence-electron chi connectivity index (χ3n) is 1.47. The topological polar surface area (TPSA) is 49.4 Å². The lowest BCUT2D eigenvalue weighted by molar-refractivity contribution is -0.108. The van der Waals surface area contributed by atoms with Gasteiger partial charge in [0, 0.05) is 13.1 Å². The second kappa shape index (κ2) is 7.34. The summed E-state index contributed by atoms with van der Waals surface area (Å²) in [7, 11) is 0. The fraction of sp³-hybridized carbons (Fsp3) is 0.556. The van der Waals surface area contributed by atoms with Gasteiger partial charge in [-0.15, -0.1) is 0 Å². The van der Waals surface area contributed by atoms with Gasteiger partial charge in [0.15, 0.2) is 0 Å². The van der Waals surface area contributed by atoms with Crippen molar-refractivity contribution < 1.29 is 9.59 Å². The van der Waals surface area contributed by atoms with E-state index >= 15 is 0 Å². The minimum Gasteiger partial charge on any atom is -0.338 e. The standard InChI is InChI=1S/C9H16N2O2/c1-3-5-6-11(7-8-12)9(13)10-4-2/h3,5,8H,4,6-7H2,1-2H3,(H,10,13). The quantitative estimate of drug-likeness (QED) is 0.507. The van der Waals surface area contributed by atoms with E-state index < -0.39 is 0 Å². The fourth-order valence-electron chi connectivity index (χ4n) is 0.826. The van der Waals surface area contributed by atoms with Crippen molar-refractivity contribution in [3.8, 4) is 0 Å². The molecule has 0 spiro atoms. The van der Waals surface area contributed by atoms with Crippen LogP contribution in [0.2, 0.25) is 0 Å². The highest BCUT2D eigenvalue weighted by atomic mass is 16.2. The molecule has 0 aromatic carbocycles. The van der Waals surface area contributed by atoms with Gasteiger partial charge in [-0.2, -0.15) is 0 Å². The summed E-state index contributed by atoms with van der Waals surface area (Å²) in [6.07, 6.45) is 4.40. The molecule has 0 bridgehead atoms. The van der Waals surface area contributed by atoms with Crippen molar-refractivity contribution in [2.24, 2.45) is 0 Å². The first kappa shape index (κ1) is 11.7. The normalized spacial score (nSPS) is 10.0. The number of amides is 2. The number of hydrogen-bond donors (Lipinski definition) is 1. The average molecular weight is 184 g/mol. The number of aldehydes is 1. The van der Waals surface area contributed by atoms with Crippen LogP contribution >= 0.6 is 0 Å². The Morgan fingerprint density at radius 3 is 2.62 bits per heavy atom. The van der Waals surface area contributed by atoms with E-state index in [2.05, 4.69) is 5.32 Å². The number of carbonyl (C=O) groups is 2. The number of urea groups is 1. The van der Waals surface area contributed by atoms with E-state index in [1.54, 1.807) is 0 Å². The number of allylic oxidation sites excluding steroid dienone is 1. The van der Waals surface area contributed by atoms with Crippen LogP contribution < -0.4 is 5.32 Å². The van der Waals surface area contributed by atoms with Gasteiger partial charge in [0.2, 0.25) is 0 Å². The van der Waals surface area contributed by atoms with Gasteiger partial charge < -0.3 is 15.0 Å². The summed E-state index contributed by atoms with van der Waals surface area (Å²) in [5.74, 6) is 0. The van der Waals surface area contributed by atoms with E-state index in [1.807, 2.05) is 26.0 Å². The highest BCUT2D eigenvalue weighted by Gasteiger charge is 2.08. The lowest BCUT2D eigenvalue weighted by Gasteiger charge is -2.18. The Kier molecular flexibility index (Phi) is 6.59. The van der Waals surface area contributed by atoms with E-state index in [0.717, 1.165) is 6.29 Å². The lowest BCUT2D eigenvalue weighted by Crippen LogP contribution is -2.40. The van der Waals surface area contributed by atoms with Crippen molar-refractivity contribution in [3.05, 3.63) is 12.2 Å². The van der Waals surface area contributed by atoms with Gasteiger partial charge in [-0.05, 0) is 13.8 Å². The number of carbonyl (C=O) groups excluding carboxylic acids is 2. The monoisotopic (exact) mass is 184 g/mol. The van der Waals surface area contributed by atoms with Gasteiger partial charge >= 0.3 is 6.03 Å². The summed E-state index contributed by atoms with van der Waals surface area (Å²) in [4.78, 5) is 22.9. The molecule has 2 amide bonds. The van der Waals surface area contributed by atoms with Crippen molar-refractivity contribution in [1.82, 2.24) is 10.2 Å². The molecule has 0 aromatic rings. The van der Waals surface area contributed by atoms with Crippen LogP contribution in [-0.4, -0.2) is 36.9 Å². The van der Waals surface area contributed by atoms with E-state index in [0.29, 0.717) is 13.1 Å². The van der Waals surface area contributed by atoms with Crippen LogP contribution in [0.1, 0.15) is 13.8 Å². The summed E-state index contributed by atoms with van der Waals surface area (Å²) >= 11 is 0. The number of nitrogens with one attached hydrogen (secondary N) is 1. The minimum absolute atomic E-state index is 0.135. The average Bonchev–Trinajstić information content (AvgIpc) is 2.12. The van der Waals surface area contributed by atoms with Crippen LogP contribution in [0.3, 0.4) is 0 Å². The van der Waals surface area contributed by atoms with Gasteiger partial charge in [-0.25, -0.2) is 4.79 Å². The summed E-state index contributed by atoms with van der Waals surface area (Å²) in [5, 5.41) is 2.63. The van der Waals surface area contributed by atoms with Crippen LogP contribution in [0.25, 0.3) is 0 Å². The molecule has 0 rings (SSSR count). The molecule has 13 heavy (non-hydrogen) atoms. The molecule has 4 nitrogen and oxygen atoms in total. The Morgan fingerprint density at radius 2 is 2.15 bits per heavy atom. The number of rotatable bonds is 5. The van der Waals surface area contributed by atoms with Crippen molar-refractivity contribution in [2.75, 3.05) is 19.6 Å². The Labute approximate surface area is 78.6 Å². The molecule has 0 saturated carbocycles. The summed E-state index contributed by atoms with van der Waals surface area (Å²) in [5.41, 5.74) is 0. The SMILES string of the molecule is CC=CCN(CC=O)C(=O)NCC. The lowest BCUT2D eigenvalue weighted by atomic mass is 10.4. The molecule has 4 heteroatoms. The Bertz CT molecular complexity index is 190. The van der Waals surface area contributed by atoms with Crippen molar-refractivity contribution in [3.63, 3.8) is 0 Å². The molecule has 1 N–H and O–H groups in total. The molecule has 0 unspecified atom stereocenters. The molecular weight excluding hydrogens is 168 g/mol. The van der Waals surface area contributed by atoms with Gasteiger partial charge in [0.1, 0.15) is 6.29 Å². The molecular formula is C9H16N2O2. The third kappa shape index (κ3) is 5.00. The summed E-state index contributed by atoms with van der Waals surface area (Å²) in [6.45, 7) is 4.89. The molecule has 0 saturated heterocycles. The summed E-state index contributed by atoms with van der Waals surface area (Å²) in [6, 6.07) is -0.201. The van der Waals surface area contributed by atoms with Gasteiger partial charge in [-0.3, -0.25) is 0 Å². The van der Waals surface area contributed by atoms with E-state index in [9.17, 15) is 9.59 Å². The molecule has 0 fully saturated rings. The van der Waals surface area contributed by atoms with E-state index in [4.69, 9.17) is 0 Å². The van der Waals surface area contributed by atoms with E-state index in [-0.39, 0.29) is 12.6 Å². The van der Waals surface area contributed by atoms with Crippen LogP contribution in [0, 0.1) is 0 Å². The number of hydrogen-bond acceptors (Lipinski definition) is 2. The van der Waals surface area contributed by atoms with Gasteiger partial charge in [0.05, 0.1) is 6.54 Å². The second-order valence-electron chi connectivity index (χ2n) is 2.48. The predicted molar refractivity (Wildman–Crippen MR) is 51.5 cm³/mol. The molecule has 0 aliphatic rings. The fourth-order valence-corrected chi connectivity index (χ4v) is 0.826. The maximum atomic E-state index is 11.3. The van der Waals surface area contributed by atoms with Gasteiger partial charge in [-0.1, -0.05) is 12.2 Å². The molecule has 0 aliphatic carbocycles. The van der Waals surface area contributed by atoms with Crippen molar-refractivity contribution in [1.29, 1.82) is 0 Å². The molecule has 0 aromatic heterocycles. The smallest absolute Gasteiger partial charge is 0.318 e. The predicted octanol–water partition coefficient (Wildman–Crippen LogP) is 0.793. The van der Waals surface area contributed by atoms with Crippen LogP contribution in [0.5, 0.6) is 0 Å². The molecule has 0 aliphatic heterocycles. The highest BCUT2D eigenvalue weighted by Crippen LogP contribution is 1.88. The van der Waals surface area contributed by atoms with Crippen molar-refractivity contribution >= 4 is 12.3 Å². The number of nitrogens with zero attached hydrogens (tertiary/aromatic N) is 1. The molecule has 74 valence electrons. The second-order valence-corrected chi connectivity index (χ2v) is 2.48. The van der Waals surface area contributed by atoms with Crippen molar-refractivity contribution in [2.45, 2.75) is 13.8 Å². The first-order valence-electron chi connectivity index (χ1n) is 4.33. The zero-order valence-corrected chi connectivity index (χ0v) is 8.12. The molecule has 0 atom stereocenters. The molecule has 0 radical (unpaired) electrons. The van der Waals surface area contributed by atoms with Crippen LogP contribution in [0.15, 0.2) is 12.2 Å². The Hall–Kier alpha value is -1.32. The highest BCUT2D eigenvalue weighted by molar-refractivity contribution is 5.76. The largest absolute Gasteiger partial charge is 0.338 e. The zero-order valence-electron chi connectivity index (χ0n) is 8.12. The first-order valence-corrected chi connectivity index (χ1v) is 4.33.